The van der Waals surface area contributed by atoms with E-state index in [-0.39, 0.29) is 0 Å². The van der Waals surface area contributed by atoms with Gasteiger partial charge in [0.25, 0.3) is 0 Å². The summed E-state index contributed by atoms with van der Waals surface area (Å²) in [7, 11) is 0. The largest absolute Gasteiger partial charge is 0.456 e. The minimum Gasteiger partial charge on any atom is -0.456 e. The van der Waals surface area contributed by atoms with Crippen LogP contribution in [0.3, 0.4) is 0 Å². The monoisotopic (exact) mass is 356 g/mol. The lowest BCUT2D eigenvalue weighted by atomic mass is 9.99. The summed E-state index contributed by atoms with van der Waals surface area (Å²) in [6.07, 6.45) is 0. The van der Waals surface area contributed by atoms with E-state index in [4.69, 9.17) is 16.0 Å². The summed E-state index contributed by atoms with van der Waals surface area (Å²) in [6, 6.07) is 20.1. The Balaban J connectivity index is 2.15. The smallest absolute Gasteiger partial charge is 0.136 e. The molecule has 1 heterocycles. The molecule has 102 valence electrons. The summed E-state index contributed by atoms with van der Waals surface area (Å²) in [4.78, 5) is 0. The van der Waals surface area contributed by atoms with E-state index in [1.54, 1.807) is 0 Å². The van der Waals surface area contributed by atoms with Gasteiger partial charge in [-0.1, -0.05) is 57.9 Å². The van der Waals surface area contributed by atoms with Crippen LogP contribution in [0.2, 0.25) is 5.02 Å². The van der Waals surface area contributed by atoms with Crippen LogP contribution in [0.5, 0.6) is 0 Å². The fourth-order valence-corrected chi connectivity index (χ4v) is 3.36. The number of benzene rings is 3. The molecule has 0 spiro atoms. The van der Waals surface area contributed by atoms with Gasteiger partial charge in [0.05, 0.1) is 0 Å². The molecule has 4 aromatic rings. The minimum atomic E-state index is 0.684. The van der Waals surface area contributed by atoms with Gasteiger partial charge in [0.1, 0.15) is 11.2 Å². The van der Waals surface area contributed by atoms with Crippen LogP contribution in [0.15, 0.2) is 69.6 Å². The molecule has 0 N–H and O–H groups in total. The van der Waals surface area contributed by atoms with Crippen molar-refractivity contribution in [3.05, 3.63) is 70.2 Å². The Bertz CT molecular complexity index is 971. The van der Waals surface area contributed by atoms with Crippen molar-refractivity contribution in [2.45, 2.75) is 0 Å². The first-order valence-electron chi connectivity index (χ1n) is 6.60. The topological polar surface area (TPSA) is 13.1 Å². The van der Waals surface area contributed by atoms with Crippen molar-refractivity contribution in [1.29, 1.82) is 0 Å². The molecule has 4 rings (SSSR count). The number of fused-ring (bicyclic) bond motifs is 3. The molecular weight excluding hydrogens is 348 g/mol. The number of furan rings is 1. The zero-order chi connectivity index (χ0) is 14.4. The molecule has 3 heteroatoms. The highest BCUT2D eigenvalue weighted by Crippen LogP contribution is 2.39. The third kappa shape index (κ3) is 2.06. The summed E-state index contributed by atoms with van der Waals surface area (Å²) in [5.41, 5.74) is 4.00. The van der Waals surface area contributed by atoms with E-state index in [1.807, 2.05) is 48.5 Å². The lowest BCUT2D eigenvalue weighted by Gasteiger charge is -2.06. The van der Waals surface area contributed by atoms with Gasteiger partial charge in [0.15, 0.2) is 0 Å². The number of hydrogen-bond acceptors (Lipinski definition) is 1. The van der Waals surface area contributed by atoms with E-state index in [1.165, 1.54) is 0 Å². The highest BCUT2D eigenvalue weighted by atomic mass is 79.9. The molecule has 3 aromatic carbocycles. The highest BCUT2D eigenvalue weighted by molar-refractivity contribution is 9.10. The first-order chi connectivity index (χ1) is 10.2. The number of rotatable bonds is 1. The molecule has 0 atom stereocenters. The highest BCUT2D eigenvalue weighted by Gasteiger charge is 2.13. The first-order valence-corrected chi connectivity index (χ1v) is 7.77. The molecule has 0 aliphatic rings. The van der Waals surface area contributed by atoms with Crippen molar-refractivity contribution < 1.29 is 4.42 Å². The number of halogens is 2. The zero-order valence-electron chi connectivity index (χ0n) is 10.9. The van der Waals surface area contributed by atoms with E-state index in [0.717, 1.165) is 37.5 Å². The summed E-state index contributed by atoms with van der Waals surface area (Å²) >= 11 is 9.69. The summed E-state index contributed by atoms with van der Waals surface area (Å²) in [5.74, 6) is 0. The van der Waals surface area contributed by atoms with Gasteiger partial charge < -0.3 is 4.42 Å². The SMILES string of the molecule is Clc1ccc2c(c1)oc1cccc(-c3ccccc3Br)c12. The third-order valence-electron chi connectivity index (χ3n) is 3.62. The molecule has 0 unspecified atom stereocenters. The second-order valence-electron chi connectivity index (χ2n) is 4.90. The summed E-state index contributed by atoms with van der Waals surface area (Å²) in [5, 5.41) is 2.89. The summed E-state index contributed by atoms with van der Waals surface area (Å²) in [6.45, 7) is 0. The fraction of sp³-hybridized carbons (Fsp3) is 0. The lowest BCUT2D eigenvalue weighted by Crippen LogP contribution is -1.81. The summed E-state index contributed by atoms with van der Waals surface area (Å²) < 4.78 is 7.01. The molecule has 0 aliphatic heterocycles. The van der Waals surface area contributed by atoms with Crippen molar-refractivity contribution in [3.8, 4) is 11.1 Å². The standard InChI is InChI=1S/C18H10BrClO/c19-15-6-2-1-4-12(15)13-5-3-7-16-18(13)14-9-8-11(20)10-17(14)21-16/h1-10H. The molecule has 0 bridgehead atoms. The molecule has 0 saturated heterocycles. The van der Waals surface area contributed by atoms with Crippen LogP contribution in [0.1, 0.15) is 0 Å². The van der Waals surface area contributed by atoms with Crippen molar-refractivity contribution in [2.24, 2.45) is 0 Å². The second kappa shape index (κ2) is 4.90. The van der Waals surface area contributed by atoms with E-state index in [0.29, 0.717) is 5.02 Å². The Hall–Kier alpha value is -1.77. The van der Waals surface area contributed by atoms with Gasteiger partial charge in [0, 0.05) is 26.3 Å². The first kappa shape index (κ1) is 12.9. The van der Waals surface area contributed by atoms with Crippen molar-refractivity contribution in [3.63, 3.8) is 0 Å². The van der Waals surface area contributed by atoms with Gasteiger partial charge in [-0.3, -0.25) is 0 Å². The lowest BCUT2D eigenvalue weighted by molar-refractivity contribution is 0.669. The van der Waals surface area contributed by atoms with Crippen molar-refractivity contribution in [2.75, 3.05) is 0 Å². The van der Waals surface area contributed by atoms with Crippen molar-refractivity contribution >= 4 is 49.5 Å². The predicted molar refractivity (Wildman–Crippen MR) is 91.9 cm³/mol. The Kier molecular flexibility index (Phi) is 3.02. The van der Waals surface area contributed by atoms with Crippen LogP contribution in [0, 0.1) is 0 Å². The molecular formula is C18H10BrClO. The fourth-order valence-electron chi connectivity index (χ4n) is 2.70. The van der Waals surface area contributed by atoms with Gasteiger partial charge in [0.2, 0.25) is 0 Å². The van der Waals surface area contributed by atoms with Crippen LogP contribution in [-0.4, -0.2) is 0 Å². The van der Waals surface area contributed by atoms with Gasteiger partial charge in [-0.25, -0.2) is 0 Å². The molecule has 21 heavy (non-hydrogen) atoms. The normalized spacial score (nSPS) is 11.3. The van der Waals surface area contributed by atoms with Crippen LogP contribution >= 0.6 is 27.5 Å². The number of hydrogen-bond donors (Lipinski definition) is 0. The van der Waals surface area contributed by atoms with Gasteiger partial charge in [-0.2, -0.15) is 0 Å². The average molecular weight is 358 g/mol. The van der Waals surface area contributed by atoms with Crippen LogP contribution in [-0.2, 0) is 0 Å². The maximum Gasteiger partial charge on any atom is 0.136 e. The third-order valence-corrected chi connectivity index (χ3v) is 4.55. The van der Waals surface area contributed by atoms with Crippen LogP contribution < -0.4 is 0 Å². The zero-order valence-corrected chi connectivity index (χ0v) is 13.3. The Morgan fingerprint density at radius 3 is 2.48 bits per heavy atom. The predicted octanol–water partition coefficient (Wildman–Crippen LogP) is 6.67. The maximum absolute atomic E-state index is 6.06. The quantitative estimate of drug-likeness (QED) is 0.371. The van der Waals surface area contributed by atoms with E-state index in [9.17, 15) is 0 Å². The molecule has 0 fully saturated rings. The minimum absolute atomic E-state index is 0.684. The van der Waals surface area contributed by atoms with Crippen LogP contribution in [0.4, 0.5) is 0 Å². The Morgan fingerprint density at radius 2 is 1.62 bits per heavy atom. The molecule has 0 saturated carbocycles. The van der Waals surface area contributed by atoms with Crippen molar-refractivity contribution in [1.82, 2.24) is 0 Å². The Labute approximate surface area is 135 Å². The molecule has 0 aliphatic carbocycles. The second-order valence-corrected chi connectivity index (χ2v) is 6.19. The van der Waals surface area contributed by atoms with Gasteiger partial charge in [-0.05, 0) is 35.4 Å². The maximum atomic E-state index is 6.06. The average Bonchev–Trinajstić information content (AvgIpc) is 2.85. The molecule has 0 amide bonds. The van der Waals surface area contributed by atoms with Gasteiger partial charge >= 0.3 is 0 Å². The van der Waals surface area contributed by atoms with Crippen LogP contribution in [0.25, 0.3) is 33.1 Å². The van der Waals surface area contributed by atoms with E-state index in [2.05, 4.69) is 28.1 Å². The molecule has 1 aromatic heterocycles. The van der Waals surface area contributed by atoms with Gasteiger partial charge in [-0.15, -0.1) is 0 Å². The molecule has 0 radical (unpaired) electrons. The van der Waals surface area contributed by atoms with E-state index < -0.39 is 0 Å². The molecule has 1 nitrogen and oxygen atoms in total. The Morgan fingerprint density at radius 1 is 0.810 bits per heavy atom. The van der Waals surface area contributed by atoms with E-state index >= 15 is 0 Å².